The maximum atomic E-state index is 12.4. The highest BCUT2D eigenvalue weighted by Crippen LogP contribution is 2.45. The molecule has 1 N–H and O–H groups in total. The van der Waals surface area contributed by atoms with Crippen LogP contribution in [0.2, 0.25) is 0 Å². The van der Waals surface area contributed by atoms with Crippen LogP contribution in [0, 0.1) is 0 Å². The predicted octanol–water partition coefficient (Wildman–Crippen LogP) is 2.85. The summed E-state index contributed by atoms with van der Waals surface area (Å²) in [5.74, 6) is 0.249. The molecule has 5 heteroatoms. The summed E-state index contributed by atoms with van der Waals surface area (Å²) in [4.78, 5) is 15.7. The molecule has 1 aliphatic heterocycles. The Labute approximate surface area is 122 Å². The molecule has 104 valence electrons. The molecule has 1 aromatic rings. The van der Waals surface area contributed by atoms with Crippen LogP contribution in [0.4, 0.5) is 0 Å². The molecule has 3 nitrogen and oxygen atoms in total. The minimum absolute atomic E-state index is 0.0638. The summed E-state index contributed by atoms with van der Waals surface area (Å²) >= 11 is 3.65. The molecule has 2 aliphatic rings. The molecule has 1 saturated carbocycles. The first-order valence-electron chi connectivity index (χ1n) is 6.80. The molecule has 0 bridgehead atoms. The van der Waals surface area contributed by atoms with Crippen LogP contribution in [-0.2, 0) is 4.79 Å². The highest BCUT2D eigenvalue weighted by atomic mass is 32.2. The normalized spacial score (nSPS) is 29.6. The summed E-state index contributed by atoms with van der Waals surface area (Å²) in [6.07, 6.45) is 6.03. The number of nitrogens with zero attached hydrogens (tertiary/aromatic N) is 1. The summed E-state index contributed by atoms with van der Waals surface area (Å²) in [6, 6.07) is 4.11. The lowest BCUT2D eigenvalue weighted by Gasteiger charge is -2.44. The van der Waals surface area contributed by atoms with E-state index < -0.39 is 0 Å². The second-order valence-corrected chi connectivity index (χ2v) is 7.77. The number of carbonyl (C=O) groups is 1. The van der Waals surface area contributed by atoms with Gasteiger partial charge in [-0.05, 0) is 37.5 Å². The number of hydrogen-bond donors (Lipinski definition) is 1. The van der Waals surface area contributed by atoms with Crippen LogP contribution < -0.4 is 5.32 Å². The maximum absolute atomic E-state index is 12.4. The fraction of sp³-hybridized carbons (Fsp3) is 0.643. The van der Waals surface area contributed by atoms with Crippen molar-refractivity contribution in [3.8, 4) is 0 Å². The lowest BCUT2D eigenvalue weighted by Crippen LogP contribution is -2.47. The molecule has 3 rings (SSSR count). The highest BCUT2D eigenvalue weighted by Gasteiger charge is 2.45. The molecule has 1 aliphatic carbocycles. The van der Waals surface area contributed by atoms with E-state index in [0.717, 1.165) is 6.54 Å². The van der Waals surface area contributed by atoms with Gasteiger partial charge in [0.2, 0.25) is 5.91 Å². The maximum Gasteiger partial charge on any atom is 0.241 e. The molecule has 0 spiro atoms. The quantitative estimate of drug-likeness (QED) is 0.927. The van der Waals surface area contributed by atoms with E-state index in [1.54, 1.807) is 11.3 Å². The van der Waals surface area contributed by atoms with Gasteiger partial charge >= 0.3 is 0 Å². The third kappa shape index (κ3) is 2.32. The zero-order valence-electron chi connectivity index (χ0n) is 11.4. The Hall–Kier alpha value is -0.520. The van der Waals surface area contributed by atoms with E-state index in [1.165, 1.54) is 24.1 Å². The summed E-state index contributed by atoms with van der Waals surface area (Å²) < 4.78 is 0.302. The Kier molecular flexibility index (Phi) is 3.62. The van der Waals surface area contributed by atoms with Crippen LogP contribution in [0.15, 0.2) is 17.5 Å². The van der Waals surface area contributed by atoms with Crippen molar-refractivity contribution >= 4 is 29.0 Å². The Balaban J connectivity index is 1.81. The van der Waals surface area contributed by atoms with Gasteiger partial charge in [-0.25, -0.2) is 0 Å². The van der Waals surface area contributed by atoms with Gasteiger partial charge in [-0.1, -0.05) is 12.5 Å². The number of nitrogens with one attached hydrogen (secondary N) is 1. The molecule has 1 aromatic heterocycles. The fourth-order valence-corrected chi connectivity index (χ4v) is 4.69. The van der Waals surface area contributed by atoms with Crippen LogP contribution in [0.25, 0.3) is 0 Å². The first-order chi connectivity index (χ1) is 9.15. The topological polar surface area (TPSA) is 32.3 Å². The molecule has 2 atom stereocenters. The third-order valence-corrected chi connectivity index (χ3v) is 6.67. The molecular formula is C14H20N2OS2. The van der Waals surface area contributed by atoms with Crippen LogP contribution in [0.1, 0.15) is 37.2 Å². The Morgan fingerprint density at radius 2 is 2.37 bits per heavy atom. The number of thioether (sulfide) groups is 1. The summed E-state index contributed by atoms with van der Waals surface area (Å²) in [6.45, 7) is 2.85. The number of thiophene rings is 1. The summed E-state index contributed by atoms with van der Waals surface area (Å²) in [5, 5.41) is 5.51. The van der Waals surface area contributed by atoms with Gasteiger partial charge in [-0.3, -0.25) is 10.1 Å². The number of rotatable bonds is 4. The largest absolute Gasteiger partial charge is 0.319 e. The zero-order chi connectivity index (χ0) is 13.5. The molecule has 2 unspecified atom stereocenters. The van der Waals surface area contributed by atoms with E-state index in [2.05, 4.69) is 34.0 Å². The molecule has 0 radical (unpaired) electrons. The van der Waals surface area contributed by atoms with E-state index in [9.17, 15) is 4.79 Å². The van der Waals surface area contributed by atoms with Crippen molar-refractivity contribution in [3.05, 3.63) is 22.4 Å². The average Bonchev–Trinajstić information content (AvgIpc) is 2.96. The molecule has 0 aromatic carbocycles. The van der Waals surface area contributed by atoms with Crippen molar-refractivity contribution in [1.82, 2.24) is 10.2 Å². The summed E-state index contributed by atoms with van der Waals surface area (Å²) in [7, 11) is 0. The second-order valence-electron chi connectivity index (χ2n) is 5.51. The van der Waals surface area contributed by atoms with Crippen molar-refractivity contribution in [2.45, 2.75) is 43.1 Å². The SMILES string of the molecule is CSC1(CN2C(=O)C(C)NC2c2cccs2)CCC1. The van der Waals surface area contributed by atoms with Gasteiger partial charge in [0.05, 0.1) is 6.04 Å². The van der Waals surface area contributed by atoms with Gasteiger partial charge in [0.25, 0.3) is 0 Å². The zero-order valence-corrected chi connectivity index (χ0v) is 13.0. The number of amides is 1. The van der Waals surface area contributed by atoms with Gasteiger partial charge in [0.15, 0.2) is 0 Å². The fourth-order valence-electron chi connectivity index (χ4n) is 2.93. The van der Waals surface area contributed by atoms with Crippen LogP contribution in [0.5, 0.6) is 0 Å². The van der Waals surface area contributed by atoms with Gasteiger partial charge in [-0.2, -0.15) is 11.8 Å². The molecular weight excluding hydrogens is 276 g/mol. The van der Waals surface area contributed by atoms with E-state index in [4.69, 9.17) is 0 Å². The first kappa shape index (κ1) is 13.5. The van der Waals surface area contributed by atoms with Gasteiger partial charge in [0, 0.05) is 16.2 Å². The lowest BCUT2D eigenvalue weighted by atomic mass is 9.83. The van der Waals surface area contributed by atoms with E-state index in [0.29, 0.717) is 4.75 Å². The Morgan fingerprint density at radius 3 is 2.89 bits per heavy atom. The van der Waals surface area contributed by atoms with Crippen molar-refractivity contribution in [3.63, 3.8) is 0 Å². The van der Waals surface area contributed by atoms with Crippen molar-refractivity contribution in [2.24, 2.45) is 0 Å². The smallest absolute Gasteiger partial charge is 0.241 e. The van der Waals surface area contributed by atoms with Gasteiger partial charge in [-0.15, -0.1) is 11.3 Å². The molecule has 19 heavy (non-hydrogen) atoms. The van der Waals surface area contributed by atoms with E-state index >= 15 is 0 Å². The van der Waals surface area contributed by atoms with Crippen LogP contribution >= 0.6 is 23.1 Å². The Morgan fingerprint density at radius 1 is 1.58 bits per heavy atom. The van der Waals surface area contributed by atoms with Crippen molar-refractivity contribution in [1.29, 1.82) is 0 Å². The van der Waals surface area contributed by atoms with E-state index in [-0.39, 0.29) is 18.1 Å². The monoisotopic (exact) mass is 296 g/mol. The Bertz CT molecular complexity index is 451. The first-order valence-corrected chi connectivity index (χ1v) is 8.91. The van der Waals surface area contributed by atoms with Crippen molar-refractivity contribution < 1.29 is 4.79 Å². The summed E-state index contributed by atoms with van der Waals surface area (Å²) in [5.41, 5.74) is 0. The number of carbonyl (C=O) groups excluding carboxylic acids is 1. The third-order valence-electron chi connectivity index (χ3n) is 4.34. The minimum atomic E-state index is -0.0638. The highest BCUT2D eigenvalue weighted by molar-refractivity contribution is 8.00. The minimum Gasteiger partial charge on any atom is -0.319 e. The van der Waals surface area contributed by atoms with E-state index in [1.807, 2.05) is 18.7 Å². The molecule has 1 saturated heterocycles. The van der Waals surface area contributed by atoms with Crippen molar-refractivity contribution in [2.75, 3.05) is 12.8 Å². The lowest BCUT2D eigenvalue weighted by molar-refractivity contribution is -0.130. The van der Waals surface area contributed by atoms with Crippen LogP contribution in [0.3, 0.4) is 0 Å². The standard InChI is InChI=1S/C14H20N2OS2/c1-10-13(17)16(9-14(18-2)6-4-7-14)12(15-10)11-5-3-8-19-11/h3,5,8,10,12,15H,4,6-7,9H2,1-2H3. The van der Waals surface area contributed by atoms with Gasteiger partial charge < -0.3 is 4.90 Å². The molecule has 2 fully saturated rings. The molecule has 2 heterocycles. The van der Waals surface area contributed by atoms with Crippen LogP contribution in [-0.4, -0.2) is 34.4 Å². The van der Waals surface area contributed by atoms with Gasteiger partial charge in [0.1, 0.15) is 6.17 Å². The second kappa shape index (κ2) is 5.11. The average molecular weight is 296 g/mol. The number of hydrogen-bond acceptors (Lipinski definition) is 4. The molecule has 1 amide bonds. The predicted molar refractivity (Wildman–Crippen MR) is 81.5 cm³/mol.